The Labute approximate surface area is 97.5 Å². The van der Waals surface area contributed by atoms with E-state index in [2.05, 4.69) is 9.68 Å². The summed E-state index contributed by atoms with van der Waals surface area (Å²) in [5.41, 5.74) is 0.847. The Morgan fingerprint density at radius 1 is 1.18 bits per heavy atom. The SMILES string of the molecule is O=S(=O)=c1o[nH]c(C=Cc2ccccc2)c1F. The monoisotopic (exact) mass is 253 g/mol. The van der Waals surface area contributed by atoms with Gasteiger partial charge in [0.25, 0.3) is 10.3 Å². The Hall–Kier alpha value is -2.08. The molecule has 6 heteroatoms. The van der Waals surface area contributed by atoms with Crippen LogP contribution in [0.25, 0.3) is 12.2 Å². The maximum Gasteiger partial charge on any atom is 0.310 e. The van der Waals surface area contributed by atoms with Crippen molar-refractivity contribution in [3.8, 4) is 0 Å². The zero-order chi connectivity index (χ0) is 12.3. The van der Waals surface area contributed by atoms with Crippen LogP contribution >= 0.6 is 0 Å². The molecule has 0 spiro atoms. The van der Waals surface area contributed by atoms with Gasteiger partial charge in [-0.1, -0.05) is 36.4 Å². The van der Waals surface area contributed by atoms with E-state index < -0.39 is 20.8 Å². The molecule has 0 aliphatic heterocycles. The molecule has 1 N–H and O–H groups in total. The first-order chi connectivity index (χ1) is 8.18. The molecule has 4 nitrogen and oxygen atoms in total. The van der Waals surface area contributed by atoms with Crippen molar-refractivity contribution in [1.29, 1.82) is 0 Å². The second kappa shape index (κ2) is 4.84. The normalized spacial score (nSPS) is 10.9. The van der Waals surface area contributed by atoms with E-state index >= 15 is 0 Å². The number of rotatable bonds is 2. The summed E-state index contributed by atoms with van der Waals surface area (Å²) in [7, 11) is -2.72. The van der Waals surface area contributed by atoms with Crippen LogP contribution in [0.15, 0.2) is 34.9 Å². The second-order valence-electron chi connectivity index (χ2n) is 3.20. The molecule has 17 heavy (non-hydrogen) atoms. The van der Waals surface area contributed by atoms with Gasteiger partial charge in [0.1, 0.15) is 5.69 Å². The van der Waals surface area contributed by atoms with Gasteiger partial charge in [-0.05, 0) is 11.6 Å². The maximum absolute atomic E-state index is 13.4. The Kier molecular flexibility index (Phi) is 3.24. The van der Waals surface area contributed by atoms with Gasteiger partial charge in [0, 0.05) is 0 Å². The van der Waals surface area contributed by atoms with Crippen LogP contribution in [0.1, 0.15) is 11.3 Å². The van der Waals surface area contributed by atoms with Crippen molar-refractivity contribution in [2.75, 3.05) is 0 Å². The fraction of sp³-hybridized carbons (Fsp3) is 0. The Bertz CT molecular complexity index is 703. The highest BCUT2D eigenvalue weighted by Crippen LogP contribution is 2.11. The molecule has 0 unspecified atom stereocenters. The highest BCUT2D eigenvalue weighted by Gasteiger charge is 2.07. The van der Waals surface area contributed by atoms with Gasteiger partial charge in [0.15, 0.2) is 0 Å². The number of aromatic nitrogens is 1. The smallest absolute Gasteiger partial charge is 0.310 e. The van der Waals surface area contributed by atoms with Crippen molar-refractivity contribution >= 4 is 22.4 Å². The topological polar surface area (TPSA) is 63.1 Å². The molecule has 0 aliphatic rings. The molecular weight excluding hydrogens is 245 g/mol. The number of hydrogen-bond donors (Lipinski definition) is 1. The van der Waals surface area contributed by atoms with Gasteiger partial charge in [-0.25, -0.2) is 5.16 Å². The summed E-state index contributed by atoms with van der Waals surface area (Å²) in [6, 6.07) is 9.21. The van der Waals surface area contributed by atoms with Gasteiger partial charge in [-0.15, -0.1) is 0 Å². The first kappa shape index (κ1) is 11.4. The van der Waals surface area contributed by atoms with Crippen molar-refractivity contribution in [3.63, 3.8) is 0 Å². The molecule has 2 rings (SSSR count). The molecule has 1 heterocycles. The van der Waals surface area contributed by atoms with Crippen LogP contribution < -0.4 is 0 Å². The molecule has 0 fully saturated rings. The number of halogens is 1. The van der Waals surface area contributed by atoms with Crippen LogP contribution in [-0.2, 0) is 10.3 Å². The standard InChI is InChI=1S/C11H8FNO3S/c12-10-9(13-16-11(10)17(14)15)7-6-8-4-2-1-3-5-8/h1-7,13H. The van der Waals surface area contributed by atoms with E-state index in [-0.39, 0.29) is 5.69 Å². The lowest BCUT2D eigenvalue weighted by Crippen LogP contribution is -1.77. The lowest BCUT2D eigenvalue weighted by molar-refractivity contribution is 0.396. The fourth-order valence-electron chi connectivity index (χ4n) is 1.26. The molecule has 0 atom stereocenters. The van der Waals surface area contributed by atoms with Crippen molar-refractivity contribution < 1.29 is 17.3 Å². The summed E-state index contributed by atoms with van der Waals surface area (Å²) < 4.78 is 38.2. The van der Waals surface area contributed by atoms with Gasteiger partial charge in [-0.3, -0.25) is 0 Å². The molecule has 1 aromatic heterocycles. The van der Waals surface area contributed by atoms with Crippen LogP contribution in [0.3, 0.4) is 0 Å². The van der Waals surface area contributed by atoms with E-state index in [1.807, 2.05) is 30.3 Å². The summed E-state index contributed by atoms with van der Waals surface area (Å²) >= 11 is 0. The quantitative estimate of drug-likeness (QED) is 0.835. The fourth-order valence-corrected chi connectivity index (χ4v) is 1.62. The summed E-state index contributed by atoms with van der Waals surface area (Å²) in [4.78, 5) is 0. The van der Waals surface area contributed by atoms with Gasteiger partial charge in [0.2, 0.25) is 5.82 Å². The van der Waals surface area contributed by atoms with Crippen LogP contribution in [-0.4, -0.2) is 13.6 Å². The summed E-state index contributed by atoms with van der Waals surface area (Å²) in [6.45, 7) is 0. The predicted molar refractivity (Wildman–Crippen MR) is 60.5 cm³/mol. The molecular formula is C11H8FNO3S. The van der Waals surface area contributed by atoms with E-state index in [0.717, 1.165) is 5.56 Å². The summed E-state index contributed by atoms with van der Waals surface area (Å²) in [6.07, 6.45) is 3.05. The van der Waals surface area contributed by atoms with E-state index in [1.54, 1.807) is 6.08 Å². The lowest BCUT2D eigenvalue weighted by atomic mass is 10.2. The average Bonchev–Trinajstić information content (AvgIpc) is 2.69. The molecule has 0 amide bonds. The number of hydrogen-bond acceptors (Lipinski definition) is 3. The molecule has 0 radical (unpaired) electrons. The number of benzene rings is 1. The van der Waals surface area contributed by atoms with E-state index in [0.29, 0.717) is 0 Å². The summed E-state index contributed by atoms with van der Waals surface area (Å²) in [5.74, 6) is -0.925. The summed E-state index contributed by atoms with van der Waals surface area (Å²) in [5, 5.41) is 2.20. The first-order valence-corrected chi connectivity index (χ1v) is 5.78. The Morgan fingerprint density at radius 3 is 2.47 bits per heavy atom. The maximum atomic E-state index is 13.4. The van der Waals surface area contributed by atoms with Gasteiger partial charge in [-0.2, -0.15) is 12.8 Å². The average molecular weight is 253 g/mol. The third-order valence-electron chi connectivity index (χ3n) is 2.06. The number of nitrogens with one attached hydrogen (secondary N) is 1. The molecule has 0 aliphatic carbocycles. The zero-order valence-corrected chi connectivity index (χ0v) is 9.37. The van der Waals surface area contributed by atoms with E-state index in [9.17, 15) is 12.8 Å². The van der Waals surface area contributed by atoms with Crippen molar-refractivity contribution in [2.24, 2.45) is 0 Å². The highest BCUT2D eigenvalue weighted by molar-refractivity contribution is 7.63. The molecule has 2 aromatic rings. The molecule has 1 aromatic carbocycles. The van der Waals surface area contributed by atoms with Gasteiger partial charge in [0.05, 0.1) is 0 Å². The third kappa shape index (κ3) is 2.54. The number of H-pyrrole nitrogens is 1. The van der Waals surface area contributed by atoms with Crippen LogP contribution in [0, 0.1) is 10.5 Å². The minimum atomic E-state index is -2.72. The zero-order valence-electron chi connectivity index (χ0n) is 8.55. The number of aromatic amines is 1. The highest BCUT2D eigenvalue weighted by atomic mass is 32.2. The third-order valence-corrected chi connectivity index (χ3v) is 2.63. The minimum absolute atomic E-state index is 0.0203. The molecule has 0 saturated carbocycles. The van der Waals surface area contributed by atoms with E-state index in [1.165, 1.54) is 6.08 Å². The second-order valence-corrected chi connectivity index (χ2v) is 4.04. The molecule has 0 bridgehead atoms. The molecule has 88 valence electrons. The van der Waals surface area contributed by atoms with Gasteiger partial charge < -0.3 is 4.52 Å². The first-order valence-electron chi connectivity index (χ1n) is 4.71. The van der Waals surface area contributed by atoms with Crippen molar-refractivity contribution in [2.45, 2.75) is 0 Å². The van der Waals surface area contributed by atoms with Crippen molar-refractivity contribution in [3.05, 3.63) is 52.1 Å². The van der Waals surface area contributed by atoms with Crippen LogP contribution in [0.5, 0.6) is 0 Å². The Morgan fingerprint density at radius 2 is 1.88 bits per heavy atom. The van der Waals surface area contributed by atoms with Crippen LogP contribution in [0.2, 0.25) is 0 Å². The van der Waals surface area contributed by atoms with Crippen LogP contribution in [0.4, 0.5) is 4.39 Å². The van der Waals surface area contributed by atoms with Gasteiger partial charge >= 0.3 is 4.71 Å². The lowest BCUT2D eigenvalue weighted by Gasteiger charge is -1.89. The minimum Gasteiger partial charge on any atom is -0.362 e. The van der Waals surface area contributed by atoms with Crippen molar-refractivity contribution in [1.82, 2.24) is 5.16 Å². The Balaban J connectivity index is 2.39. The largest absolute Gasteiger partial charge is 0.362 e. The molecule has 0 saturated heterocycles. The van der Waals surface area contributed by atoms with E-state index in [4.69, 9.17) is 0 Å². The predicted octanol–water partition coefficient (Wildman–Crippen LogP) is 2.33.